The van der Waals surface area contributed by atoms with Crippen molar-refractivity contribution in [2.45, 2.75) is 44.4 Å². The smallest absolute Gasteiger partial charge is 0.337 e. The summed E-state index contributed by atoms with van der Waals surface area (Å²) in [5.41, 5.74) is 5.32. The van der Waals surface area contributed by atoms with Gasteiger partial charge < -0.3 is 10.4 Å². The Hall–Kier alpha value is -2.33. The van der Waals surface area contributed by atoms with E-state index in [2.05, 4.69) is 5.32 Å². The Morgan fingerprint density at radius 1 is 1.04 bits per heavy atom. The number of aryl methyl sites for hydroxylation is 2. The number of benzene rings is 2. The van der Waals surface area contributed by atoms with E-state index in [9.17, 15) is 9.59 Å². The Morgan fingerprint density at radius 2 is 1.69 bits per heavy atom. The van der Waals surface area contributed by atoms with E-state index in [0.29, 0.717) is 17.2 Å². The van der Waals surface area contributed by atoms with Crippen LogP contribution in [-0.2, 0) is 12.8 Å². The summed E-state index contributed by atoms with van der Waals surface area (Å²) in [5.74, 6) is -0.603. The van der Waals surface area contributed by atoms with E-state index in [1.807, 2.05) is 12.1 Å². The van der Waals surface area contributed by atoms with Gasteiger partial charge in [0.1, 0.15) is 0 Å². The molecule has 2 aromatic carbocycles. The molecule has 2 aliphatic rings. The maximum absolute atomic E-state index is 12.7. The molecule has 2 aliphatic carbocycles. The van der Waals surface area contributed by atoms with Gasteiger partial charge in [-0.05, 0) is 91.5 Å². The van der Waals surface area contributed by atoms with Crippen LogP contribution in [0.3, 0.4) is 0 Å². The first-order valence-electron chi connectivity index (χ1n) is 9.03. The predicted molar refractivity (Wildman–Crippen MR) is 101 cm³/mol. The number of nitrogens with one attached hydrogen (secondary N) is 1. The lowest BCUT2D eigenvalue weighted by molar-refractivity contribution is 0.0697. The third-order valence-corrected chi connectivity index (χ3v) is 5.79. The van der Waals surface area contributed by atoms with Crippen molar-refractivity contribution in [3.05, 3.63) is 63.2 Å². The lowest BCUT2D eigenvalue weighted by Gasteiger charge is -2.32. The van der Waals surface area contributed by atoms with Crippen LogP contribution in [0.1, 0.15) is 69.0 Å². The van der Waals surface area contributed by atoms with Crippen LogP contribution in [0.2, 0.25) is 5.02 Å². The molecule has 1 amide bonds. The standard InChI is InChI=1S/C21H20ClNO3/c22-18-11-16(7-8-17(18)21(25)26)23-20(24)15-9-13-5-1-3-12-4-2-6-14(10-15)19(12)13/h7-12H,1-6H2,(H,23,24)(H,25,26). The maximum Gasteiger partial charge on any atom is 0.337 e. The molecular formula is C21H20ClNO3. The molecule has 0 unspecified atom stereocenters. The molecule has 0 heterocycles. The van der Waals surface area contributed by atoms with Crippen molar-refractivity contribution >= 4 is 29.2 Å². The van der Waals surface area contributed by atoms with Gasteiger partial charge in [0.2, 0.25) is 0 Å². The zero-order valence-corrected chi connectivity index (χ0v) is 15.1. The number of amides is 1. The maximum atomic E-state index is 12.7. The molecule has 0 aliphatic heterocycles. The molecule has 0 spiro atoms. The van der Waals surface area contributed by atoms with E-state index in [-0.39, 0.29) is 16.5 Å². The summed E-state index contributed by atoms with van der Waals surface area (Å²) >= 11 is 5.99. The summed E-state index contributed by atoms with van der Waals surface area (Å²) in [6.45, 7) is 0. The largest absolute Gasteiger partial charge is 0.478 e. The SMILES string of the molecule is O=C(Nc1ccc(C(=O)O)c(Cl)c1)c1cc2c3c(c1)CCCC3CCC2. The number of anilines is 1. The van der Waals surface area contributed by atoms with Crippen LogP contribution >= 0.6 is 11.6 Å². The van der Waals surface area contributed by atoms with Gasteiger partial charge in [0.05, 0.1) is 10.6 Å². The molecule has 0 bridgehead atoms. The number of hydrogen-bond donors (Lipinski definition) is 2. The number of carboxylic acid groups (broad SMARTS) is 1. The van der Waals surface area contributed by atoms with Gasteiger partial charge in [0, 0.05) is 11.3 Å². The van der Waals surface area contributed by atoms with E-state index in [0.717, 1.165) is 12.8 Å². The highest BCUT2D eigenvalue weighted by atomic mass is 35.5. The second kappa shape index (κ2) is 6.76. The molecule has 4 nitrogen and oxygen atoms in total. The lowest BCUT2D eigenvalue weighted by atomic mass is 9.73. The fraction of sp³-hybridized carbons (Fsp3) is 0.333. The number of hydrogen-bond acceptors (Lipinski definition) is 2. The number of rotatable bonds is 3. The Morgan fingerprint density at radius 3 is 2.27 bits per heavy atom. The van der Waals surface area contributed by atoms with Gasteiger partial charge in [-0.1, -0.05) is 11.6 Å². The van der Waals surface area contributed by atoms with Crippen molar-refractivity contribution in [2.75, 3.05) is 5.32 Å². The Labute approximate surface area is 157 Å². The quantitative estimate of drug-likeness (QED) is 0.795. The van der Waals surface area contributed by atoms with Gasteiger partial charge in [-0.3, -0.25) is 4.79 Å². The average Bonchev–Trinajstić information content (AvgIpc) is 2.62. The van der Waals surface area contributed by atoms with Gasteiger partial charge >= 0.3 is 5.97 Å². The third-order valence-electron chi connectivity index (χ3n) is 5.48. The highest BCUT2D eigenvalue weighted by Crippen LogP contribution is 2.41. The zero-order valence-electron chi connectivity index (χ0n) is 14.3. The second-order valence-electron chi connectivity index (χ2n) is 7.14. The summed E-state index contributed by atoms with van der Waals surface area (Å²) < 4.78 is 0. The van der Waals surface area contributed by atoms with Crippen molar-refractivity contribution in [1.29, 1.82) is 0 Å². The third kappa shape index (κ3) is 3.10. The first kappa shape index (κ1) is 17.1. The van der Waals surface area contributed by atoms with Crippen LogP contribution in [0.4, 0.5) is 5.69 Å². The van der Waals surface area contributed by atoms with Crippen LogP contribution in [0, 0.1) is 0 Å². The Bertz CT molecular complexity index is 875. The Kier molecular flexibility index (Phi) is 4.45. The molecule has 4 rings (SSSR count). The van der Waals surface area contributed by atoms with Crippen molar-refractivity contribution < 1.29 is 14.7 Å². The molecule has 26 heavy (non-hydrogen) atoms. The molecule has 0 fully saturated rings. The molecule has 2 aromatic rings. The fourth-order valence-corrected chi connectivity index (χ4v) is 4.59. The van der Waals surface area contributed by atoms with Gasteiger partial charge in [0.25, 0.3) is 5.91 Å². The number of halogens is 1. The summed E-state index contributed by atoms with van der Waals surface area (Å²) in [7, 11) is 0. The van der Waals surface area contributed by atoms with Crippen molar-refractivity contribution in [3.63, 3.8) is 0 Å². The van der Waals surface area contributed by atoms with Gasteiger partial charge in [-0.15, -0.1) is 0 Å². The summed E-state index contributed by atoms with van der Waals surface area (Å²) in [6, 6.07) is 8.49. The molecule has 5 heteroatoms. The van der Waals surface area contributed by atoms with Crippen LogP contribution in [-0.4, -0.2) is 17.0 Å². The minimum Gasteiger partial charge on any atom is -0.478 e. The van der Waals surface area contributed by atoms with E-state index >= 15 is 0 Å². The van der Waals surface area contributed by atoms with E-state index in [4.69, 9.17) is 16.7 Å². The fourth-order valence-electron chi connectivity index (χ4n) is 4.33. The number of carbonyl (C=O) groups excluding carboxylic acids is 1. The summed E-state index contributed by atoms with van der Waals surface area (Å²) in [6.07, 6.45) is 6.99. The highest BCUT2D eigenvalue weighted by Gasteiger charge is 2.27. The van der Waals surface area contributed by atoms with Crippen molar-refractivity contribution in [3.8, 4) is 0 Å². The monoisotopic (exact) mass is 369 g/mol. The van der Waals surface area contributed by atoms with Crippen LogP contribution in [0.25, 0.3) is 0 Å². The van der Waals surface area contributed by atoms with Gasteiger partial charge in [-0.25, -0.2) is 4.79 Å². The average molecular weight is 370 g/mol. The molecule has 0 aromatic heterocycles. The van der Waals surface area contributed by atoms with Crippen LogP contribution in [0.5, 0.6) is 0 Å². The first-order valence-corrected chi connectivity index (χ1v) is 9.40. The van der Waals surface area contributed by atoms with E-state index in [1.165, 1.54) is 54.5 Å². The summed E-state index contributed by atoms with van der Waals surface area (Å²) in [5, 5.41) is 12.0. The lowest BCUT2D eigenvalue weighted by Crippen LogP contribution is -2.20. The van der Waals surface area contributed by atoms with Crippen LogP contribution < -0.4 is 5.32 Å². The van der Waals surface area contributed by atoms with Crippen molar-refractivity contribution in [2.24, 2.45) is 0 Å². The molecule has 134 valence electrons. The second-order valence-corrected chi connectivity index (χ2v) is 7.55. The Balaban J connectivity index is 1.61. The minimum absolute atomic E-state index is 0.0221. The zero-order chi connectivity index (χ0) is 18.3. The number of aromatic carboxylic acids is 1. The molecule has 0 atom stereocenters. The summed E-state index contributed by atoms with van der Waals surface area (Å²) in [4.78, 5) is 23.8. The van der Waals surface area contributed by atoms with Crippen LogP contribution in [0.15, 0.2) is 30.3 Å². The van der Waals surface area contributed by atoms with Gasteiger partial charge in [-0.2, -0.15) is 0 Å². The highest BCUT2D eigenvalue weighted by molar-refractivity contribution is 6.33. The number of carbonyl (C=O) groups is 2. The predicted octanol–water partition coefficient (Wildman–Crippen LogP) is 5.05. The molecule has 2 N–H and O–H groups in total. The van der Waals surface area contributed by atoms with E-state index in [1.54, 1.807) is 6.07 Å². The molecule has 0 radical (unpaired) electrons. The molecular weight excluding hydrogens is 350 g/mol. The first-order chi connectivity index (χ1) is 12.5. The van der Waals surface area contributed by atoms with E-state index < -0.39 is 5.97 Å². The minimum atomic E-state index is -1.09. The topological polar surface area (TPSA) is 66.4 Å². The number of carboxylic acids is 1. The van der Waals surface area contributed by atoms with Gasteiger partial charge in [0.15, 0.2) is 0 Å². The molecule has 0 saturated carbocycles. The molecule has 0 saturated heterocycles. The normalized spacial score (nSPS) is 16.0. The van der Waals surface area contributed by atoms with Crippen molar-refractivity contribution in [1.82, 2.24) is 0 Å².